The zero-order valence-corrected chi connectivity index (χ0v) is 16.8. The average molecular weight is 388 g/mol. The van der Waals surface area contributed by atoms with E-state index in [1.807, 2.05) is 13.8 Å². The molecular weight excluding hydrogens is 360 g/mol. The first-order chi connectivity index (χ1) is 13.2. The third-order valence-corrected chi connectivity index (χ3v) is 5.17. The van der Waals surface area contributed by atoms with Crippen LogP contribution in [0.25, 0.3) is 0 Å². The van der Waals surface area contributed by atoms with E-state index in [1.54, 1.807) is 26.0 Å². The first kappa shape index (κ1) is 20.2. The molecule has 0 aromatic heterocycles. The van der Waals surface area contributed by atoms with Crippen molar-refractivity contribution in [2.75, 3.05) is 5.32 Å². The number of esters is 1. The van der Waals surface area contributed by atoms with Gasteiger partial charge in [0, 0.05) is 6.04 Å². The summed E-state index contributed by atoms with van der Waals surface area (Å²) >= 11 is 0. The summed E-state index contributed by atoms with van der Waals surface area (Å²) in [6.07, 6.45) is 3.28. The largest absolute Gasteiger partial charge is 0.476 e. The van der Waals surface area contributed by atoms with Gasteiger partial charge in [-0.25, -0.2) is 4.79 Å². The third-order valence-electron chi connectivity index (χ3n) is 5.17. The standard InChI is InChI=1S/C21H28N2O5/c1-12(2)17(18(24)22-14-7-5-6-8-14)27-19(25)13-9-10-16-15(11-13)23-20(26)21(3,4)28-16/h9-12,14,17H,5-8H2,1-4H3,(H,22,24)(H,23,26). The van der Waals surface area contributed by atoms with Crippen LogP contribution in [0.15, 0.2) is 18.2 Å². The van der Waals surface area contributed by atoms with Crippen LogP contribution in [0.3, 0.4) is 0 Å². The summed E-state index contributed by atoms with van der Waals surface area (Å²) in [5.74, 6) is -0.831. The van der Waals surface area contributed by atoms with Gasteiger partial charge in [-0.2, -0.15) is 0 Å². The monoisotopic (exact) mass is 388 g/mol. The Hall–Kier alpha value is -2.57. The van der Waals surface area contributed by atoms with Gasteiger partial charge in [0.2, 0.25) is 0 Å². The molecule has 1 atom stereocenters. The Labute approximate surface area is 165 Å². The second-order valence-corrected chi connectivity index (χ2v) is 8.34. The normalized spacial score (nSPS) is 19.4. The number of carbonyl (C=O) groups excluding carboxylic acids is 3. The van der Waals surface area contributed by atoms with Crippen LogP contribution < -0.4 is 15.4 Å². The molecule has 2 N–H and O–H groups in total. The minimum atomic E-state index is -0.976. The maximum atomic E-state index is 12.6. The van der Waals surface area contributed by atoms with Crippen molar-refractivity contribution < 1.29 is 23.9 Å². The minimum Gasteiger partial charge on any atom is -0.476 e. The zero-order valence-electron chi connectivity index (χ0n) is 16.8. The van der Waals surface area contributed by atoms with Gasteiger partial charge in [-0.15, -0.1) is 0 Å². The number of anilines is 1. The Kier molecular flexibility index (Phi) is 5.63. The number of hydrogen-bond donors (Lipinski definition) is 2. The van der Waals surface area contributed by atoms with E-state index in [-0.39, 0.29) is 29.3 Å². The van der Waals surface area contributed by atoms with Crippen LogP contribution in [0.4, 0.5) is 5.69 Å². The van der Waals surface area contributed by atoms with E-state index in [0.29, 0.717) is 11.4 Å². The molecule has 28 heavy (non-hydrogen) atoms. The molecule has 3 rings (SSSR count). The van der Waals surface area contributed by atoms with E-state index >= 15 is 0 Å². The highest BCUT2D eigenvalue weighted by atomic mass is 16.5. The molecule has 2 aliphatic rings. The van der Waals surface area contributed by atoms with Crippen LogP contribution in [0.1, 0.15) is 63.7 Å². The molecule has 1 aromatic carbocycles. The summed E-state index contributed by atoms with van der Waals surface area (Å²) in [5, 5.41) is 5.73. The highest BCUT2D eigenvalue weighted by molar-refractivity contribution is 6.02. The number of hydrogen-bond acceptors (Lipinski definition) is 5. The van der Waals surface area contributed by atoms with Gasteiger partial charge in [0.05, 0.1) is 11.3 Å². The average Bonchev–Trinajstić information content (AvgIpc) is 3.12. The van der Waals surface area contributed by atoms with Gasteiger partial charge in [0.15, 0.2) is 11.7 Å². The Balaban J connectivity index is 1.71. The maximum Gasteiger partial charge on any atom is 0.339 e. The second kappa shape index (κ2) is 7.81. The fourth-order valence-electron chi connectivity index (χ4n) is 3.47. The predicted molar refractivity (Wildman–Crippen MR) is 104 cm³/mol. The predicted octanol–water partition coefficient (Wildman–Crippen LogP) is 3.04. The SMILES string of the molecule is CC(C)C(OC(=O)c1ccc2c(c1)NC(=O)C(C)(C)O2)C(=O)NC1CCCC1. The van der Waals surface area contributed by atoms with Crippen LogP contribution in [0.2, 0.25) is 0 Å². The summed E-state index contributed by atoms with van der Waals surface area (Å²) in [7, 11) is 0. The Morgan fingerprint density at radius 2 is 1.93 bits per heavy atom. The molecule has 7 heteroatoms. The smallest absolute Gasteiger partial charge is 0.339 e. The first-order valence-electron chi connectivity index (χ1n) is 9.83. The lowest BCUT2D eigenvalue weighted by atomic mass is 10.0. The summed E-state index contributed by atoms with van der Waals surface area (Å²) in [6.45, 7) is 7.03. The number of carbonyl (C=O) groups is 3. The van der Waals surface area contributed by atoms with E-state index < -0.39 is 17.7 Å². The van der Waals surface area contributed by atoms with Crippen LogP contribution in [0.5, 0.6) is 5.75 Å². The van der Waals surface area contributed by atoms with Crippen LogP contribution in [-0.4, -0.2) is 35.5 Å². The van der Waals surface area contributed by atoms with Gasteiger partial charge in [0.1, 0.15) is 5.75 Å². The fourth-order valence-corrected chi connectivity index (χ4v) is 3.47. The molecule has 0 spiro atoms. The van der Waals surface area contributed by atoms with Crippen LogP contribution in [0, 0.1) is 5.92 Å². The zero-order chi connectivity index (χ0) is 20.5. The Morgan fingerprint density at radius 1 is 1.25 bits per heavy atom. The second-order valence-electron chi connectivity index (χ2n) is 8.34. The van der Waals surface area contributed by atoms with Crippen molar-refractivity contribution in [2.45, 2.75) is 71.1 Å². The molecule has 1 aliphatic heterocycles. The van der Waals surface area contributed by atoms with Crippen molar-refractivity contribution in [3.8, 4) is 5.75 Å². The number of ether oxygens (including phenoxy) is 2. The molecule has 1 heterocycles. The summed E-state index contributed by atoms with van der Waals surface area (Å²) < 4.78 is 11.2. The molecular formula is C21H28N2O5. The lowest BCUT2D eigenvalue weighted by Gasteiger charge is -2.31. The van der Waals surface area contributed by atoms with Crippen molar-refractivity contribution in [3.63, 3.8) is 0 Å². The van der Waals surface area contributed by atoms with Crippen LogP contribution in [-0.2, 0) is 14.3 Å². The highest BCUT2D eigenvalue weighted by Gasteiger charge is 2.36. The van der Waals surface area contributed by atoms with Crippen molar-refractivity contribution >= 4 is 23.5 Å². The van der Waals surface area contributed by atoms with E-state index in [0.717, 1.165) is 25.7 Å². The van der Waals surface area contributed by atoms with E-state index in [1.165, 1.54) is 6.07 Å². The number of fused-ring (bicyclic) bond motifs is 1. The number of amides is 2. The minimum absolute atomic E-state index is 0.159. The van der Waals surface area contributed by atoms with Gasteiger partial charge in [-0.3, -0.25) is 9.59 Å². The molecule has 1 aromatic rings. The quantitative estimate of drug-likeness (QED) is 0.756. The third kappa shape index (κ3) is 4.29. The Morgan fingerprint density at radius 3 is 2.57 bits per heavy atom. The lowest BCUT2D eigenvalue weighted by molar-refractivity contribution is -0.132. The van der Waals surface area contributed by atoms with Crippen molar-refractivity contribution in [3.05, 3.63) is 23.8 Å². The molecule has 152 valence electrons. The van der Waals surface area contributed by atoms with Gasteiger partial charge in [-0.1, -0.05) is 26.7 Å². The van der Waals surface area contributed by atoms with Gasteiger partial charge < -0.3 is 20.1 Å². The number of benzene rings is 1. The highest BCUT2D eigenvalue weighted by Crippen LogP contribution is 2.34. The lowest BCUT2D eigenvalue weighted by Crippen LogP contribution is -2.45. The summed E-state index contributed by atoms with van der Waals surface area (Å²) in [4.78, 5) is 37.3. The fraction of sp³-hybridized carbons (Fsp3) is 0.571. The summed E-state index contributed by atoms with van der Waals surface area (Å²) in [5.41, 5.74) is -0.312. The molecule has 2 amide bonds. The molecule has 1 fully saturated rings. The molecule has 0 bridgehead atoms. The number of rotatable bonds is 5. The van der Waals surface area contributed by atoms with Crippen molar-refractivity contribution in [2.24, 2.45) is 5.92 Å². The number of nitrogens with one attached hydrogen (secondary N) is 2. The molecule has 7 nitrogen and oxygen atoms in total. The topological polar surface area (TPSA) is 93.7 Å². The Bertz CT molecular complexity index is 781. The van der Waals surface area contributed by atoms with Crippen molar-refractivity contribution in [1.82, 2.24) is 5.32 Å². The van der Waals surface area contributed by atoms with Gasteiger partial charge in [0.25, 0.3) is 11.8 Å². The van der Waals surface area contributed by atoms with Crippen molar-refractivity contribution in [1.29, 1.82) is 0 Å². The molecule has 0 saturated heterocycles. The van der Waals surface area contributed by atoms with Gasteiger partial charge >= 0.3 is 5.97 Å². The maximum absolute atomic E-state index is 12.6. The molecule has 1 saturated carbocycles. The molecule has 1 unspecified atom stereocenters. The summed E-state index contributed by atoms with van der Waals surface area (Å²) in [6, 6.07) is 4.86. The van der Waals surface area contributed by atoms with Gasteiger partial charge in [-0.05, 0) is 50.8 Å². The van der Waals surface area contributed by atoms with E-state index in [9.17, 15) is 14.4 Å². The van der Waals surface area contributed by atoms with Crippen LogP contribution >= 0.6 is 0 Å². The van der Waals surface area contributed by atoms with E-state index in [2.05, 4.69) is 10.6 Å². The van der Waals surface area contributed by atoms with E-state index in [4.69, 9.17) is 9.47 Å². The molecule has 1 aliphatic carbocycles. The molecule has 0 radical (unpaired) electrons. The first-order valence-corrected chi connectivity index (χ1v) is 9.83.